The molecule has 0 radical (unpaired) electrons. The van der Waals surface area contributed by atoms with Gasteiger partial charge in [-0.3, -0.25) is 4.55 Å². The van der Waals surface area contributed by atoms with Crippen molar-refractivity contribution in [2.75, 3.05) is 13.2 Å². The summed E-state index contributed by atoms with van der Waals surface area (Å²) in [4.78, 5) is 21.8. The Morgan fingerprint density at radius 3 is 1.62 bits per heavy atom. The summed E-state index contributed by atoms with van der Waals surface area (Å²) in [5.41, 5.74) is 0. The van der Waals surface area contributed by atoms with Gasteiger partial charge < -0.3 is 9.47 Å². The standard InChI is InChI=1S/C8H6F8O7S/c9-3(4(17)22-1-6(10,11)12)8(16,24(19,20)21)5(18)23-2-7(13,14)15/h3H,1-2H2,(H,19,20,21). The zero-order valence-electron chi connectivity index (χ0n) is 10.8. The van der Waals surface area contributed by atoms with Crippen LogP contribution in [0.25, 0.3) is 0 Å². The van der Waals surface area contributed by atoms with Gasteiger partial charge in [-0.05, 0) is 0 Å². The molecule has 0 saturated carbocycles. The largest absolute Gasteiger partial charge is 0.454 e. The van der Waals surface area contributed by atoms with Crippen LogP contribution in [-0.2, 0) is 29.2 Å². The molecule has 0 aliphatic rings. The molecule has 0 rings (SSSR count). The van der Waals surface area contributed by atoms with Crippen LogP contribution in [0.1, 0.15) is 0 Å². The minimum atomic E-state index is -6.60. The summed E-state index contributed by atoms with van der Waals surface area (Å²) < 4.78 is 134. The van der Waals surface area contributed by atoms with Crippen LogP contribution in [0.3, 0.4) is 0 Å². The van der Waals surface area contributed by atoms with Crippen LogP contribution in [0.5, 0.6) is 0 Å². The van der Waals surface area contributed by atoms with Crippen molar-refractivity contribution < 1.29 is 67.2 Å². The molecular formula is C8H6F8O7S. The van der Waals surface area contributed by atoms with Crippen LogP contribution < -0.4 is 0 Å². The van der Waals surface area contributed by atoms with Gasteiger partial charge in [-0.1, -0.05) is 0 Å². The first-order valence-electron chi connectivity index (χ1n) is 5.19. The Hall–Kier alpha value is -1.71. The summed E-state index contributed by atoms with van der Waals surface area (Å²) in [7, 11) is -6.60. The molecule has 0 aromatic carbocycles. The topological polar surface area (TPSA) is 107 Å². The highest BCUT2D eigenvalue weighted by atomic mass is 32.2. The highest BCUT2D eigenvalue weighted by Gasteiger charge is 2.64. The van der Waals surface area contributed by atoms with E-state index in [1.165, 1.54) is 0 Å². The van der Waals surface area contributed by atoms with E-state index in [9.17, 15) is 53.1 Å². The summed E-state index contributed by atoms with van der Waals surface area (Å²) in [5.74, 6) is -6.16. The summed E-state index contributed by atoms with van der Waals surface area (Å²) in [6.07, 6.45) is -15.1. The van der Waals surface area contributed by atoms with E-state index in [0.717, 1.165) is 0 Å². The van der Waals surface area contributed by atoms with E-state index in [2.05, 4.69) is 9.47 Å². The van der Waals surface area contributed by atoms with E-state index in [1.54, 1.807) is 0 Å². The van der Waals surface area contributed by atoms with Crippen molar-refractivity contribution in [2.45, 2.75) is 23.5 Å². The number of rotatable bonds is 6. The van der Waals surface area contributed by atoms with Crippen LogP contribution in [0.4, 0.5) is 35.1 Å². The molecule has 0 saturated heterocycles. The van der Waals surface area contributed by atoms with Crippen LogP contribution in [0.15, 0.2) is 0 Å². The molecule has 0 amide bonds. The van der Waals surface area contributed by atoms with Crippen molar-refractivity contribution in [3.05, 3.63) is 0 Å². The molecule has 0 aliphatic heterocycles. The molecule has 0 spiro atoms. The van der Waals surface area contributed by atoms with Gasteiger partial charge in [-0.2, -0.15) is 34.8 Å². The van der Waals surface area contributed by atoms with Gasteiger partial charge in [0.1, 0.15) is 0 Å². The zero-order valence-corrected chi connectivity index (χ0v) is 11.6. The summed E-state index contributed by atoms with van der Waals surface area (Å²) in [5, 5.41) is -5.47. The fourth-order valence-corrected chi connectivity index (χ4v) is 1.59. The first kappa shape index (κ1) is 22.3. The Morgan fingerprint density at radius 2 is 1.29 bits per heavy atom. The van der Waals surface area contributed by atoms with Gasteiger partial charge in [0.2, 0.25) is 0 Å². The molecule has 0 aliphatic carbocycles. The SMILES string of the molecule is O=C(OCC(F)(F)F)C(F)C(F)(C(=O)OCC(F)(F)F)S(=O)(=O)O. The highest BCUT2D eigenvalue weighted by molar-refractivity contribution is 7.88. The van der Waals surface area contributed by atoms with E-state index in [4.69, 9.17) is 4.55 Å². The highest BCUT2D eigenvalue weighted by Crippen LogP contribution is 2.30. The second-order valence-corrected chi connectivity index (χ2v) is 5.44. The van der Waals surface area contributed by atoms with Gasteiger partial charge in [-0.15, -0.1) is 0 Å². The smallest absolute Gasteiger partial charge is 0.422 e. The summed E-state index contributed by atoms with van der Waals surface area (Å²) in [6, 6.07) is 0. The van der Waals surface area contributed by atoms with Crippen LogP contribution >= 0.6 is 0 Å². The first-order valence-corrected chi connectivity index (χ1v) is 6.63. The third kappa shape index (κ3) is 6.06. The Bertz CT molecular complexity index is 582. The van der Waals surface area contributed by atoms with Crippen LogP contribution in [0, 0.1) is 0 Å². The lowest BCUT2D eigenvalue weighted by Crippen LogP contribution is -2.55. The number of hydrogen-bond donors (Lipinski definition) is 1. The third-order valence-corrected chi connectivity index (χ3v) is 3.06. The van der Waals surface area contributed by atoms with Gasteiger partial charge in [0, 0.05) is 0 Å². The quantitative estimate of drug-likeness (QED) is 0.406. The van der Waals surface area contributed by atoms with Crippen LogP contribution in [0.2, 0.25) is 0 Å². The number of carbonyl (C=O) groups excluding carboxylic acids is 2. The monoisotopic (exact) mass is 398 g/mol. The fourth-order valence-electron chi connectivity index (χ4n) is 0.963. The van der Waals surface area contributed by atoms with E-state index in [0.29, 0.717) is 0 Å². The predicted molar refractivity (Wildman–Crippen MR) is 54.3 cm³/mol. The Morgan fingerprint density at radius 1 is 0.917 bits per heavy atom. The summed E-state index contributed by atoms with van der Waals surface area (Å²) >= 11 is 0. The molecular weight excluding hydrogens is 392 g/mol. The van der Waals surface area contributed by atoms with Crippen molar-refractivity contribution in [3.63, 3.8) is 0 Å². The molecule has 0 heterocycles. The number of carbonyl (C=O) groups is 2. The maximum atomic E-state index is 13.9. The molecule has 24 heavy (non-hydrogen) atoms. The van der Waals surface area contributed by atoms with E-state index in [1.807, 2.05) is 0 Å². The normalized spacial score (nSPS) is 16.9. The number of hydrogen-bond acceptors (Lipinski definition) is 6. The number of ether oxygens (including phenoxy) is 2. The first-order chi connectivity index (χ1) is 10.4. The molecule has 0 aromatic rings. The van der Waals surface area contributed by atoms with Crippen molar-refractivity contribution in [3.8, 4) is 0 Å². The average Bonchev–Trinajstić information content (AvgIpc) is 2.37. The van der Waals surface area contributed by atoms with E-state index in [-0.39, 0.29) is 0 Å². The van der Waals surface area contributed by atoms with Gasteiger partial charge in [0.05, 0.1) is 0 Å². The van der Waals surface area contributed by atoms with Gasteiger partial charge in [0.25, 0.3) is 6.17 Å². The Labute approximate surface area is 127 Å². The van der Waals surface area contributed by atoms with Crippen molar-refractivity contribution in [1.29, 1.82) is 0 Å². The van der Waals surface area contributed by atoms with Crippen molar-refractivity contribution in [2.24, 2.45) is 0 Å². The fraction of sp³-hybridized carbons (Fsp3) is 0.750. The van der Waals surface area contributed by atoms with Crippen molar-refractivity contribution >= 4 is 22.1 Å². The maximum absolute atomic E-state index is 13.9. The minimum Gasteiger partial charge on any atom is -0.454 e. The lowest BCUT2D eigenvalue weighted by molar-refractivity contribution is -0.200. The number of halogens is 8. The minimum absolute atomic E-state index is 2.54. The molecule has 0 bridgehead atoms. The molecule has 142 valence electrons. The lowest BCUT2D eigenvalue weighted by atomic mass is 10.2. The Balaban J connectivity index is 5.45. The lowest BCUT2D eigenvalue weighted by Gasteiger charge is -2.23. The predicted octanol–water partition coefficient (Wildman–Crippen LogP) is 1.09. The maximum Gasteiger partial charge on any atom is 0.422 e. The second kappa shape index (κ2) is 7.04. The second-order valence-electron chi connectivity index (χ2n) is 3.90. The molecule has 7 nitrogen and oxygen atoms in total. The zero-order chi connectivity index (χ0) is 19.6. The van der Waals surface area contributed by atoms with Gasteiger partial charge in [0.15, 0.2) is 13.2 Å². The third-order valence-electron chi connectivity index (χ3n) is 1.93. The van der Waals surface area contributed by atoms with E-state index >= 15 is 0 Å². The molecule has 0 aromatic heterocycles. The molecule has 0 fully saturated rings. The molecule has 2 unspecified atom stereocenters. The summed E-state index contributed by atoms with van der Waals surface area (Å²) in [6.45, 7) is -5.18. The molecule has 2 atom stereocenters. The average molecular weight is 398 g/mol. The molecule has 16 heteroatoms. The van der Waals surface area contributed by atoms with Gasteiger partial charge in [-0.25, -0.2) is 18.4 Å². The number of esters is 2. The van der Waals surface area contributed by atoms with Crippen LogP contribution in [-0.4, -0.2) is 61.6 Å². The van der Waals surface area contributed by atoms with Crippen molar-refractivity contribution in [1.82, 2.24) is 0 Å². The van der Waals surface area contributed by atoms with Gasteiger partial charge >= 0.3 is 39.4 Å². The number of alkyl halides is 8. The Kier molecular flexibility index (Phi) is 6.54. The van der Waals surface area contributed by atoms with E-state index < -0.39 is 58.8 Å². The molecule has 1 N–H and O–H groups in total.